The van der Waals surface area contributed by atoms with E-state index in [0.717, 1.165) is 11.1 Å². The van der Waals surface area contributed by atoms with E-state index in [1.807, 2.05) is 42.5 Å². The molecule has 7 nitrogen and oxygen atoms in total. The molecular weight excluding hydrogens is 356 g/mol. The average molecular weight is 374 g/mol. The maximum Gasteiger partial charge on any atom is 0.259 e. The second kappa shape index (κ2) is 7.48. The van der Waals surface area contributed by atoms with Crippen molar-refractivity contribution >= 4 is 5.91 Å². The quantitative estimate of drug-likeness (QED) is 0.525. The second-order valence-electron chi connectivity index (χ2n) is 6.41. The Balaban J connectivity index is 1.55. The molecule has 0 saturated heterocycles. The highest BCUT2D eigenvalue weighted by atomic mass is 16.5. The van der Waals surface area contributed by atoms with Gasteiger partial charge in [0.25, 0.3) is 5.91 Å². The van der Waals surface area contributed by atoms with Gasteiger partial charge in [-0.15, -0.1) is 0 Å². The molecule has 3 aromatic heterocycles. The Labute approximate surface area is 161 Å². The van der Waals surface area contributed by atoms with Crippen LogP contribution in [0.4, 0.5) is 0 Å². The fraction of sp³-hybridized carbons (Fsp3) is 0.143. The van der Waals surface area contributed by atoms with E-state index in [4.69, 9.17) is 9.05 Å². The summed E-state index contributed by atoms with van der Waals surface area (Å²) >= 11 is 0. The minimum absolute atomic E-state index is 0.197. The number of aromatic nitrogens is 3. The van der Waals surface area contributed by atoms with Gasteiger partial charge in [0.1, 0.15) is 22.7 Å². The minimum Gasteiger partial charge on any atom is -0.360 e. The highest BCUT2D eigenvalue weighted by Crippen LogP contribution is 2.27. The zero-order valence-electron chi connectivity index (χ0n) is 15.5. The fourth-order valence-electron chi connectivity index (χ4n) is 2.95. The molecule has 1 aromatic carbocycles. The van der Waals surface area contributed by atoms with E-state index in [2.05, 4.69) is 15.3 Å². The van der Waals surface area contributed by atoms with Crippen LogP contribution in [-0.4, -0.2) is 33.2 Å². The van der Waals surface area contributed by atoms with E-state index in [1.54, 1.807) is 37.3 Å². The molecule has 3 heterocycles. The van der Waals surface area contributed by atoms with Gasteiger partial charge in [-0.05, 0) is 19.1 Å². The first kappa shape index (κ1) is 17.7. The predicted octanol–water partition coefficient (Wildman–Crippen LogP) is 3.97. The zero-order valence-corrected chi connectivity index (χ0v) is 15.5. The van der Waals surface area contributed by atoms with Crippen molar-refractivity contribution in [2.24, 2.45) is 0 Å². The van der Waals surface area contributed by atoms with Crippen molar-refractivity contribution in [3.8, 4) is 22.5 Å². The Kier molecular flexibility index (Phi) is 4.72. The summed E-state index contributed by atoms with van der Waals surface area (Å²) in [6.45, 7) is 2.00. The molecule has 4 aromatic rings. The van der Waals surface area contributed by atoms with E-state index in [0.29, 0.717) is 28.5 Å². The molecule has 28 heavy (non-hydrogen) atoms. The van der Waals surface area contributed by atoms with Crippen molar-refractivity contribution in [1.82, 2.24) is 20.2 Å². The van der Waals surface area contributed by atoms with Gasteiger partial charge < -0.3 is 13.9 Å². The molecule has 0 spiro atoms. The van der Waals surface area contributed by atoms with Crippen LogP contribution < -0.4 is 0 Å². The van der Waals surface area contributed by atoms with Crippen LogP contribution in [0.3, 0.4) is 0 Å². The normalized spacial score (nSPS) is 10.8. The van der Waals surface area contributed by atoms with Crippen LogP contribution in [0.2, 0.25) is 0 Å². The molecule has 4 rings (SSSR count). The molecule has 0 unspecified atom stereocenters. The number of pyridine rings is 1. The number of aryl methyl sites for hydroxylation is 1. The van der Waals surface area contributed by atoms with Crippen molar-refractivity contribution in [3.63, 3.8) is 0 Å². The third-order valence-electron chi connectivity index (χ3n) is 4.38. The molecule has 1 amide bonds. The molecule has 0 bridgehead atoms. The van der Waals surface area contributed by atoms with Gasteiger partial charge in [0.05, 0.1) is 6.54 Å². The summed E-state index contributed by atoms with van der Waals surface area (Å²) in [5, 5.41) is 8.14. The molecule has 0 aliphatic carbocycles. The van der Waals surface area contributed by atoms with Crippen LogP contribution in [-0.2, 0) is 6.54 Å². The molecule has 0 aliphatic rings. The van der Waals surface area contributed by atoms with Gasteiger partial charge in [0.15, 0.2) is 5.76 Å². The van der Waals surface area contributed by atoms with Crippen LogP contribution in [0.5, 0.6) is 0 Å². The average Bonchev–Trinajstić information content (AvgIpc) is 3.35. The van der Waals surface area contributed by atoms with Gasteiger partial charge in [-0.25, -0.2) is 0 Å². The number of amides is 1. The van der Waals surface area contributed by atoms with Gasteiger partial charge in [-0.1, -0.05) is 40.6 Å². The van der Waals surface area contributed by atoms with Crippen LogP contribution in [0.25, 0.3) is 22.5 Å². The first-order valence-electron chi connectivity index (χ1n) is 8.76. The minimum atomic E-state index is -0.197. The van der Waals surface area contributed by atoms with Crippen molar-refractivity contribution < 1.29 is 13.8 Å². The van der Waals surface area contributed by atoms with Gasteiger partial charge in [-0.2, -0.15) is 0 Å². The molecule has 0 aliphatic heterocycles. The van der Waals surface area contributed by atoms with E-state index in [-0.39, 0.29) is 12.5 Å². The van der Waals surface area contributed by atoms with Gasteiger partial charge in [0, 0.05) is 36.6 Å². The molecule has 140 valence electrons. The largest absolute Gasteiger partial charge is 0.360 e. The molecule has 0 N–H and O–H groups in total. The van der Waals surface area contributed by atoms with Crippen molar-refractivity contribution in [3.05, 3.63) is 78.0 Å². The summed E-state index contributed by atoms with van der Waals surface area (Å²) in [6.07, 6.45) is 3.41. The van der Waals surface area contributed by atoms with E-state index in [9.17, 15) is 4.79 Å². The number of rotatable bonds is 5. The standard InChI is InChI=1S/C21H18N4O3/c1-14-19(20(24-27-14)15-7-4-3-5-8-15)21(26)25(2)13-17-11-18(23-28-17)16-9-6-10-22-12-16/h3-12H,13H2,1-2H3. The lowest BCUT2D eigenvalue weighted by Gasteiger charge is -2.15. The summed E-state index contributed by atoms with van der Waals surface area (Å²) in [4.78, 5) is 18.7. The van der Waals surface area contributed by atoms with Crippen molar-refractivity contribution in [2.75, 3.05) is 7.05 Å². The van der Waals surface area contributed by atoms with Crippen LogP contribution in [0, 0.1) is 6.92 Å². The van der Waals surface area contributed by atoms with Gasteiger partial charge in [0.2, 0.25) is 0 Å². The van der Waals surface area contributed by atoms with Crippen LogP contribution in [0.15, 0.2) is 70.0 Å². The van der Waals surface area contributed by atoms with E-state index < -0.39 is 0 Å². The Morgan fingerprint density at radius 2 is 1.82 bits per heavy atom. The highest BCUT2D eigenvalue weighted by molar-refractivity contribution is 6.00. The Morgan fingerprint density at radius 3 is 2.57 bits per heavy atom. The number of hydrogen-bond donors (Lipinski definition) is 0. The van der Waals surface area contributed by atoms with Crippen molar-refractivity contribution in [2.45, 2.75) is 13.5 Å². The van der Waals surface area contributed by atoms with Gasteiger partial charge >= 0.3 is 0 Å². The molecule has 0 atom stereocenters. The summed E-state index contributed by atoms with van der Waals surface area (Å²) in [6, 6.07) is 15.0. The summed E-state index contributed by atoms with van der Waals surface area (Å²) in [7, 11) is 1.70. The number of carbonyl (C=O) groups is 1. The maximum absolute atomic E-state index is 13.1. The van der Waals surface area contributed by atoms with Crippen LogP contribution >= 0.6 is 0 Å². The van der Waals surface area contributed by atoms with Crippen LogP contribution in [0.1, 0.15) is 21.9 Å². The van der Waals surface area contributed by atoms with E-state index >= 15 is 0 Å². The summed E-state index contributed by atoms with van der Waals surface area (Å²) < 4.78 is 10.7. The second-order valence-corrected chi connectivity index (χ2v) is 6.41. The fourth-order valence-corrected chi connectivity index (χ4v) is 2.95. The van der Waals surface area contributed by atoms with Gasteiger partial charge in [-0.3, -0.25) is 9.78 Å². The lowest BCUT2D eigenvalue weighted by molar-refractivity contribution is 0.0771. The van der Waals surface area contributed by atoms with Crippen molar-refractivity contribution in [1.29, 1.82) is 0 Å². The SMILES string of the molecule is Cc1onc(-c2ccccc2)c1C(=O)N(C)Cc1cc(-c2cccnc2)no1. The third-order valence-corrected chi connectivity index (χ3v) is 4.38. The molecule has 0 saturated carbocycles. The first-order chi connectivity index (χ1) is 13.6. The zero-order chi connectivity index (χ0) is 19.5. The lowest BCUT2D eigenvalue weighted by Crippen LogP contribution is -2.26. The first-order valence-corrected chi connectivity index (χ1v) is 8.76. The predicted molar refractivity (Wildman–Crippen MR) is 102 cm³/mol. The summed E-state index contributed by atoms with van der Waals surface area (Å²) in [5.74, 6) is 0.853. The summed E-state index contributed by atoms with van der Waals surface area (Å²) in [5.41, 5.74) is 3.33. The number of benzene rings is 1. The smallest absolute Gasteiger partial charge is 0.259 e. The Morgan fingerprint density at radius 1 is 1.04 bits per heavy atom. The Hall–Kier alpha value is -3.74. The molecule has 0 fully saturated rings. The number of nitrogens with zero attached hydrogens (tertiary/aromatic N) is 4. The molecule has 0 radical (unpaired) electrons. The monoisotopic (exact) mass is 374 g/mol. The molecule has 7 heteroatoms. The maximum atomic E-state index is 13.1. The number of hydrogen-bond acceptors (Lipinski definition) is 6. The Bertz CT molecular complexity index is 1090. The highest BCUT2D eigenvalue weighted by Gasteiger charge is 2.25. The number of carbonyl (C=O) groups excluding carboxylic acids is 1. The topological polar surface area (TPSA) is 85.3 Å². The van der Waals surface area contributed by atoms with E-state index in [1.165, 1.54) is 0 Å². The third kappa shape index (κ3) is 3.42. The lowest BCUT2D eigenvalue weighted by atomic mass is 10.1. The molecular formula is C21H18N4O3.